The van der Waals surface area contributed by atoms with Crippen molar-refractivity contribution in [2.75, 3.05) is 0 Å². The van der Waals surface area contributed by atoms with Gasteiger partial charge in [0.05, 0.1) is 0 Å². The zero-order valence-corrected chi connectivity index (χ0v) is 8.46. The summed E-state index contributed by atoms with van der Waals surface area (Å²) in [6.45, 7) is 0. The average molecular weight is 214 g/mol. The van der Waals surface area contributed by atoms with Gasteiger partial charge in [-0.1, -0.05) is 30.3 Å². The smallest absolute Gasteiger partial charge is 0.328 e. The fraction of sp³-hybridized carbons (Fsp3) is 0. The Balaban J connectivity index is 2.23. The minimum Gasteiger partial charge on any atom is -0.478 e. The van der Waals surface area contributed by atoms with Gasteiger partial charge in [-0.15, -0.1) is 0 Å². The number of aliphatic carboxylic acids is 1. The molecule has 0 aliphatic carbocycles. The average Bonchev–Trinajstić information content (AvgIpc) is 2.76. The largest absolute Gasteiger partial charge is 0.478 e. The van der Waals surface area contributed by atoms with Gasteiger partial charge in [-0.05, 0) is 18.2 Å². The van der Waals surface area contributed by atoms with E-state index in [2.05, 4.69) is 0 Å². The Morgan fingerprint density at radius 2 is 1.88 bits per heavy atom. The predicted molar refractivity (Wildman–Crippen MR) is 60.8 cm³/mol. The molecule has 0 atom stereocenters. The lowest BCUT2D eigenvalue weighted by atomic mass is 10.2. The molecule has 16 heavy (non-hydrogen) atoms. The number of hydrogen-bond acceptors (Lipinski definition) is 2. The van der Waals surface area contributed by atoms with Crippen LogP contribution in [0.5, 0.6) is 0 Å². The molecule has 80 valence electrons. The van der Waals surface area contributed by atoms with E-state index in [1.807, 2.05) is 36.4 Å². The third kappa shape index (κ3) is 2.39. The molecule has 3 nitrogen and oxygen atoms in total. The lowest BCUT2D eigenvalue weighted by Gasteiger charge is -1.94. The quantitative estimate of drug-likeness (QED) is 0.799. The number of carboxylic acid groups (broad SMARTS) is 1. The second-order valence-electron chi connectivity index (χ2n) is 3.24. The van der Waals surface area contributed by atoms with Gasteiger partial charge in [0.2, 0.25) is 0 Å². The van der Waals surface area contributed by atoms with Gasteiger partial charge in [-0.2, -0.15) is 0 Å². The lowest BCUT2D eigenvalue weighted by molar-refractivity contribution is -0.131. The third-order valence-corrected chi connectivity index (χ3v) is 2.08. The van der Waals surface area contributed by atoms with Crippen molar-refractivity contribution in [3.63, 3.8) is 0 Å². The molecule has 1 aromatic carbocycles. The molecule has 1 N–H and O–H groups in total. The summed E-state index contributed by atoms with van der Waals surface area (Å²) in [7, 11) is 0. The van der Waals surface area contributed by atoms with Gasteiger partial charge in [-0.3, -0.25) is 0 Å². The predicted octanol–water partition coefficient (Wildman–Crippen LogP) is 3.04. The second-order valence-corrected chi connectivity index (χ2v) is 3.24. The van der Waals surface area contributed by atoms with E-state index in [0.717, 1.165) is 17.4 Å². The Morgan fingerprint density at radius 1 is 1.12 bits per heavy atom. The number of carboxylic acids is 1. The van der Waals surface area contributed by atoms with Crippen molar-refractivity contribution in [3.05, 3.63) is 54.3 Å². The van der Waals surface area contributed by atoms with Crippen LogP contribution in [0.25, 0.3) is 17.4 Å². The van der Waals surface area contributed by atoms with Crippen molar-refractivity contribution in [2.24, 2.45) is 0 Å². The van der Waals surface area contributed by atoms with E-state index in [1.54, 1.807) is 6.07 Å². The fourth-order valence-electron chi connectivity index (χ4n) is 1.35. The molecule has 0 unspecified atom stereocenters. The first-order valence-corrected chi connectivity index (χ1v) is 4.82. The SMILES string of the molecule is O=C(O)C=Cc1ccc(-c2ccccc2)o1. The maximum atomic E-state index is 10.3. The fourth-order valence-corrected chi connectivity index (χ4v) is 1.35. The zero-order chi connectivity index (χ0) is 11.4. The molecule has 0 fully saturated rings. The van der Waals surface area contributed by atoms with Gasteiger partial charge in [-0.25, -0.2) is 4.79 Å². The Hall–Kier alpha value is -2.29. The van der Waals surface area contributed by atoms with Crippen LogP contribution in [0, 0.1) is 0 Å². The normalized spacial score (nSPS) is 10.8. The van der Waals surface area contributed by atoms with Crippen LogP contribution in [0.15, 0.2) is 53.0 Å². The number of benzene rings is 1. The molecule has 0 saturated carbocycles. The van der Waals surface area contributed by atoms with Crippen molar-refractivity contribution in [1.29, 1.82) is 0 Å². The molecule has 0 radical (unpaired) electrons. The molecule has 0 amide bonds. The summed E-state index contributed by atoms with van der Waals surface area (Å²) >= 11 is 0. The maximum absolute atomic E-state index is 10.3. The van der Waals surface area contributed by atoms with Gasteiger partial charge in [0.25, 0.3) is 0 Å². The molecular weight excluding hydrogens is 204 g/mol. The van der Waals surface area contributed by atoms with Crippen molar-refractivity contribution in [1.82, 2.24) is 0 Å². The zero-order valence-electron chi connectivity index (χ0n) is 8.46. The number of furan rings is 1. The Bertz CT molecular complexity index is 509. The van der Waals surface area contributed by atoms with E-state index in [-0.39, 0.29) is 0 Å². The molecule has 0 aliphatic rings. The Labute approximate surface area is 92.6 Å². The van der Waals surface area contributed by atoms with Crippen molar-refractivity contribution < 1.29 is 14.3 Å². The lowest BCUT2D eigenvalue weighted by Crippen LogP contribution is -1.84. The Kier molecular flexibility index (Phi) is 2.87. The van der Waals surface area contributed by atoms with E-state index in [1.165, 1.54) is 6.08 Å². The molecule has 2 aromatic rings. The van der Waals surface area contributed by atoms with Crippen LogP contribution in [0.2, 0.25) is 0 Å². The van der Waals surface area contributed by atoms with E-state index >= 15 is 0 Å². The minimum absolute atomic E-state index is 0.529. The summed E-state index contributed by atoms with van der Waals surface area (Å²) < 4.78 is 5.47. The second kappa shape index (κ2) is 4.49. The molecule has 0 aliphatic heterocycles. The molecule has 0 saturated heterocycles. The van der Waals surface area contributed by atoms with Gasteiger partial charge in [0.15, 0.2) is 0 Å². The first kappa shape index (κ1) is 10.2. The maximum Gasteiger partial charge on any atom is 0.328 e. The molecule has 1 heterocycles. The van der Waals surface area contributed by atoms with Gasteiger partial charge in [0.1, 0.15) is 11.5 Å². The molecule has 3 heteroatoms. The van der Waals surface area contributed by atoms with Crippen molar-refractivity contribution in [2.45, 2.75) is 0 Å². The highest BCUT2D eigenvalue weighted by Gasteiger charge is 2.01. The first-order valence-electron chi connectivity index (χ1n) is 4.82. The highest BCUT2D eigenvalue weighted by Crippen LogP contribution is 2.22. The van der Waals surface area contributed by atoms with Gasteiger partial charge in [0, 0.05) is 11.6 Å². The van der Waals surface area contributed by atoms with Crippen LogP contribution in [-0.2, 0) is 4.79 Å². The topological polar surface area (TPSA) is 50.4 Å². The highest BCUT2D eigenvalue weighted by molar-refractivity contribution is 5.84. The molecule has 0 bridgehead atoms. The summed E-state index contributed by atoms with van der Waals surface area (Å²) in [5.41, 5.74) is 0.970. The summed E-state index contributed by atoms with van der Waals surface area (Å²) in [4.78, 5) is 10.3. The van der Waals surface area contributed by atoms with E-state index in [9.17, 15) is 4.79 Å². The van der Waals surface area contributed by atoms with Crippen molar-refractivity contribution >= 4 is 12.0 Å². The van der Waals surface area contributed by atoms with Crippen LogP contribution in [0.4, 0.5) is 0 Å². The number of carbonyl (C=O) groups is 1. The van der Waals surface area contributed by atoms with Crippen LogP contribution in [0.3, 0.4) is 0 Å². The van der Waals surface area contributed by atoms with Crippen LogP contribution >= 0.6 is 0 Å². The van der Waals surface area contributed by atoms with Crippen molar-refractivity contribution in [3.8, 4) is 11.3 Å². The first-order chi connectivity index (χ1) is 7.75. The summed E-state index contributed by atoms with van der Waals surface area (Å²) in [5, 5.41) is 8.47. The number of hydrogen-bond donors (Lipinski definition) is 1. The highest BCUT2D eigenvalue weighted by atomic mass is 16.4. The monoisotopic (exact) mass is 214 g/mol. The molecule has 1 aromatic heterocycles. The Morgan fingerprint density at radius 3 is 2.56 bits per heavy atom. The van der Waals surface area contributed by atoms with Crippen LogP contribution in [0.1, 0.15) is 5.76 Å². The minimum atomic E-state index is -0.988. The molecule has 2 rings (SSSR count). The summed E-state index contributed by atoms with van der Waals surface area (Å²) in [6.07, 6.45) is 2.47. The van der Waals surface area contributed by atoms with E-state index < -0.39 is 5.97 Å². The molecular formula is C13H10O3. The number of rotatable bonds is 3. The third-order valence-electron chi connectivity index (χ3n) is 2.08. The summed E-state index contributed by atoms with van der Waals surface area (Å²) in [6, 6.07) is 13.2. The molecule has 0 spiro atoms. The van der Waals surface area contributed by atoms with Crippen LogP contribution < -0.4 is 0 Å². The van der Waals surface area contributed by atoms with Crippen LogP contribution in [-0.4, -0.2) is 11.1 Å². The van der Waals surface area contributed by atoms with Gasteiger partial charge >= 0.3 is 5.97 Å². The van der Waals surface area contributed by atoms with E-state index in [0.29, 0.717) is 5.76 Å². The van der Waals surface area contributed by atoms with Gasteiger partial charge < -0.3 is 9.52 Å². The standard InChI is InChI=1S/C13H10O3/c14-13(15)9-7-11-6-8-12(16-11)10-4-2-1-3-5-10/h1-9H,(H,14,15). The summed E-state index contributed by atoms with van der Waals surface area (Å²) in [5.74, 6) is 0.268. The van der Waals surface area contributed by atoms with E-state index in [4.69, 9.17) is 9.52 Å².